The van der Waals surface area contributed by atoms with Gasteiger partial charge in [0.05, 0.1) is 11.6 Å². The monoisotopic (exact) mass is 312 g/mol. The summed E-state index contributed by atoms with van der Waals surface area (Å²) in [6.45, 7) is 0. The zero-order valence-electron chi connectivity index (χ0n) is 9.83. The van der Waals surface area contributed by atoms with Gasteiger partial charge < -0.3 is 15.4 Å². The molecule has 6 heteroatoms. The number of benzene rings is 1. The fourth-order valence-electron chi connectivity index (χ4n) is 1.78. The fourth-order valence-corrected chi connectivity index (χ4v) is 2.19. The first kappa shape index (κ1) is 12.9. The second-order valence-corrected chi connectivity index (χ2v) is 4.85. The Balaban J connectivity index is 2.05. The molecule has 1 unspecified atom stereocenters. The number of methoxy groups -OCH3 is 1. The Kier molecular flexibility index (Phi) is 3.86. The maximum atomic E-state index is 11.9. The first-order valence-corrected chi connectivity index (χ1v) is 6.33. The van der Waals surface area contributed by atoms with Gasteiger partial charge in [-0.25, -0.2) is 0 Å². The van der Waals surface area contributed by atoms with E-state index in [1.807, 2.05) is 0 Å². The third-order valence-electron chi connectivity index (χ3n) is 2.73. The minimum absolute atomic E-state index is 0.0801. The van der Waals surface area contributed by atoms with E-state index in [2.05, 4.69) is 26.6 Å². The van der Waals surface area contributed by atoms with Gasteiger partial charge in [-0.2, -0.15) is 0 Å². The van der Waals surface area contributed by atoms with Crippen LogP contribution >= 0.6 is 15.9 Å². The van der Waals surface area contributed by atoms with Crippen LogP contribution in [0, 0.1) is 0 Å². The summed E-state index contributed by atoms with van der Waals surface area (Å²) < 4.78 is 5.96. The predicted octanol–water partition coefficient (Wildman–Crippen LogP) is 1.67. The molecule has 1 aromatic carbocycles. The van der Waals surface area contributed by atoms with Crippen LogP contribution in [-0.2, 0) is 9.59 Å². The zero-order valence-corrected chi connectivity index (χ0v) is 11.4. The molecule has 0 spiro atoms. The van der Waals surface area contributed by atoms with Crippen LogP contribution in [0.25, 0.3) is 0 Å². The van der Waals surface area contributed by atoms with Crippen molar-refractivity contribution in [2.45, 2.75) is 18.9 Å². The van der Waals surface area contributed by atoms with Crippen molar-refractivity contribution < 1.29 is 14.3 Å². The van der Waals surface area contributed by atoms with Gasteiger partial charge in [-0.05, 0) is 34.5 Å². The Hall–Kier alpha value is -1.56. The Morgan fingerprint density at radius 2 is 2.33 bits per heavy atom. The summed E-state index contributed by atoms with van der Waals surface area (Å²) in [5, 5.41) is 5.37. The van der Waals surface area contributed by atoms with Crippen LogP contribution in [0.3, 0.4) is 0 Å². The number of hydrogen-bond donors (Lipinski definition) is 2. The molecule has 1 aliphatic rings. The summed E-state index contributed by atoms with van der Waals surface area (Å²) in [6.07, 6.45) is 0.945. The van der Waals surface area contributed by atoms with Crippen molar-refractivity contribution in [2.75, 3.05) is 12.4 Å². The highest BCUT2D eigenvalue weighted by molar-refractivity contribution is 9.10. The average Bonchev–Trinajstić information content (AvgIpc) is 2.78. The van der Waals surface area contributed by atoms with E-state index >= 15 is 0 Å². The molecule has 1 atom stereocenters. The Morgan fingerprint density at radius 1 is 1.56 bits per heavy atom. The van der Waals surface area contributed by atoms with Gasteiger partial charge in [0.1, 0.15) is 11.8 Å². The molecule has 2 N–H and O–H groups in total. The fraction of sp³-hybridized carbons (Fsp3) is 0.333. The largest absolute Gasteiger partial charge is 0.495 e. The predicted molar refractivity (Wildman–Crippen MR) is 70.5 cm³/mol. The number of anilines is 1. The molecule has 0 saturated carbocycles. The van der Waals surface area contributed by atoms with Crippen LogP contribution in [0.2, 0.25) is 0 Å². The minimum atomic E-state index is -0.438. The van der Waals surface area contributed by atoms with E-state index in [4.69, 9.17) is 4.74 Å². The smallest absolute Gasteiger partial charge is 0.246 e. The van der Waals surface area contributed by atoms with Crippen molar-refractivity contribution in [2.24, 2.45) is 0 Å². The van der Waals surface area contributed by atoms with Crippen molar-refractivity contribution in [1.82, 2.24) is 5.32 Å². The standard InChI is InChI=1S/C12H13BrN2O3/c1-18-10-6-7(2-3-8(10)13)14-12(17)9-4-5-11(16)15-9/h2-3,6,9H,4-5H2,1H3,(H,14,17)(H,15,16). The highest BCUT2D eigenvalue weighted by Gasteiger charge is 2.27. The molecule has 2 amide bonds. The maximum Gasteiger partial charge on any atom is 0.246 e. The summed E-state index contributed by atoms with van der Waals surface area (Å²) in [5.41, 5.74) is 0.640. The normalized spacial score (nSPS) is 18.3. The summed E-state index contributed by atoms with van der Waals surface area (Å²) in [4.78, 5) is 22.9. The molecule has 0 radical (unpaired) electrons. The summed E-state index contributed by atoms with van der Waals surface area (Å²) in [7, 11) is 1.56. The Labute approximate surface area is 113 Å². The van der Waals surface area contributed by atoms with Gasteiger partial charge in [0, 0.05) is 18.2 Å². The number of carbonyl (C=O) groups excluding carboxylic acids is 2. The summed E-state index contributed by atoms with van der Waals surface area (Å²) in [5.74, 6) is 0.358. The lowest BCUT2D eigenvalue weighted by Gasteiger charge is -2.12. The molecule has 0 aliphatic carbocycles. The maximum absolute atomic E-state index is 11.9. The third-order valence-corrected chi connectivity index (χ3v) is 3.39. The number of halogens is 1. The first-order valence-electron chi connectivity index (χ1n) is 5.54. The third kappa shape index (κ3) is 2.81. The van der Waals surface area contributed by atoms with E-state index in [9.17, 15) is 9.59 Å². The van der Waals surface area contributed by atoms with E-state index in [-0.39, 0.29) is 11.8 Å². The molecule has 1 aromatic rings. The number of nitrogens with one attached hydrogen (secondary N) is 2. The van der Waals surface area contributed by atoms with Crippen LogP contribution in [-0.4, -0.2) is 25.0 Å². The van der Waals surface area contributed by atoms with Crippen LogP contribution in [0.5, 0.6) is 5.75 Å². The lowest BCUT2D eigenvalue weighted by atomic mass is 10.2. The van der Waals surface area contributed by atoms with Gasteiger partial charge in [-0.3, -0.25) is 9.59 Å². The van der Waals surface area contributed by atoms with Crippen molar-refractivity contribution in [3.8, 4) is 5.75 Å². The number of amides is 2. The quantitative estimate of drug-likeness (QED) is 0.892. The number of carbonyl (C=O) groups is 2. The highest BCUT2D eigenvalue weighted by Crippen LogP contribution is 2.28. The molecule has 18 heavy (non-hydrogen) atoms. The first-order chi connectivity index (χ1) is 8.60. The van der Waals surface area contributed by atoms with Gasteiger partial charge in [0.2, 0.25) is 11.8 Å². The molecule has 0 bridgehead atoms. The Morgan fingerprint density at radius 3 is 2.94 bits per heavy atom. The van der Waals surface area contributed by atoms with Crippen LogP contribution in [0.15, 0.2) is 22.7 Å². The van der Waals surface area contributed by atoms with Crippen molar-refractivity contribution in [3.63, 3.8) is 0 Å². The van der Waals surface area contributed by atoms with E-state index < -0.39 is 6.04 Å². The van der Waals surface area contributed by atoms with E-state index in [1.165, 1.54) is 0 Å². The lowest BCUT2D eigenvalue weighted by Crippen LogP contribution is -2.37. The SMILES string of the molecule is COc1cc(NC(=O)C2CCC(=O)N2)ccc1Br. The van der Waals surface area contributed by atoms with Gasteiger partial charge in [0.25, 0.3) is 0 Å². The summed E-state index contributed by atoms with van der Waals surface area (Å²) in [6, 6.07) is 4.84. The lowest BCUT2D eigenvalue weighted by molar-refractivity contribution is -0.122. The van der Waals surface area contributed by atoms with Crippen LogP contribution in [0.4, 0.5) is 5.69 Å². The topological polar surface area (TPSA) is 67.4 Å². The van der Waals surface area contributed by atoms with Crippen LogP contribution in [0.1, 0.15) is 12.8 Å². The number of rotatable bonds is 3. The van der Waals surface area contributed by atoms with E-state index in [0.717, 1.165) is 4.47 Å². The molecule has 96 valence electrons. The van der Waals surface area contributed by atoms with E-state index in [0.29, 0.717) is 24.3 Å². The molecule has 1 heterocycles. The average molecular weight is 313 g/mol. The molecular formula is C12H13BrN2O3. The molecule has 5 nitrogen and oxygen atoms in total. The number of hydrogen-bond acceptors (Lipinski definition) is 3. The second-order valence-electron chi connectivity index (χ2n) is 4.00. The molecular weight excluding hydrogens is 300 g/mol. The van der Waals surface area contributed by atoms with E-state index in [1.54, 1.807) is 25.3 Å². The second kappa shape index (κ2) is 5.39. The highest BCUT2D eigenvalue weighted by atomic mass is 79.9. The zero-order chi connectivity index (χ0) is 13.1. The molecule has 2 rings (SSSR count). The van der Waals surface area contributed by atoms with Crippen molar-refractivity contribution in [1.29, 1.82) is 0 Å². The van der Waals surface area contributed by atoms with Crippen LogP contribution < -0.4 is 15.4 Å². The Bertz CT molecular complexity index is 490. The molecule has 1 saturated heterocycles. The molecule has 1 aliphatic heterocycles. The molecule has 0 aromatic heterocycles. The molecule has 1 fully saturated rings. The van der Waals surface area contributed by atoms with Crippen molar-refractivity contribution >= 4 is 33.4 Å². The van der Waals surface area contributed by atoms with Crippen molar-refractivity contribution in [3.05, 3.63) is 22.7 Å². The minimum Gasteiger partial charge on any atom is -0.495 e. The number of ether oxygens (including phenoxy) is 1. The van der Waals surface area contributed by atoms with Gasteiger partial charge in [-0.1, -0.05) is 0 Å². The van der Waals surface area contributed by atoms with Gasteiger partial charge in [0.15, 0.2) is 0 Å². The van der Waals surface area contributed by atoms with Gasteiger partial charge >= 0.3 is 0 Å². The summed E-state index contributed by atoms with van der Waals surface area (Å²) >= 11 is 3.34. The van der Waals surface area contributed by atoms with Gasteiger partial charge in [-0.15, -0.1) is 0 Å².